The summed E-state index contributed by atoms with van der Waals surface area (Å²) in [6.45, 7) is 3.13. The number of ether oxygens (including phenoxy) is 1. The number of benzene rings is 1. The summed E-state index contributed by atoms with van der Waals surface area (Å²) in [5.41, 5.74) is 1.48. The van der Waals surface area contributed by atoms with E-state index in [1.54, 1.807) is 29.2 Å². The van der Waals surface area contributed by atoms with E-state index < -0.39 is 0 Å². The molecule has 1 aromatic carbocycles. The first kappa shape index (κ1) is 17.5. The summed E-state index contributed by atoms with van der Waals surface area (Å²) < 4.78 is 4.64. The lowest BCUT2D eigenvalue weighted by atomic mass is 10.1. The van der Waals surface area contributed by atoms with E-state index in [9.17, 15) is 14.9 Å². The summed E-state index contributed by atoms with van der Waals surface area (Å²) in [7, 11) is 1.33. The normalized spacial score (nSPS) is 14.7. The van der Waals surface area contributed by atoms with Crippen molar-refractivity contribution in [2.45, 2.75) is 6.54 Å². The molecule has 1 aliphatic rings. The molecule has 1 aliphatic heterocycles. The molecule has 1 heterocycles. The van der Waals surface area contributed by atoms with Crippen LogP contribution in [0.3, 0.4) is 0 Å². The second kappa shape index (κ2) is 8.70. The molecule has 1 aromatic rings. The maximum atomic E-state index is 12.2. The Morgan fingerprint density at radius 3 is 2.58 bits per heavy atom. The molecule has 2 N–H and O–H groups in total. The molecule has 1 amide bonds. The molecule has 0 bridgehead atoms. The standard InChI is InChI=1S/C17H20N4O3/c1-24-17(23)14-4-2-13(3-5-14)11-20-12-15(10-18)16(22)21-8-6-19-7-9-21/h2-5,12,19-20H,6-9,11H2,1H3/b15-12-. The van der Waals surface area contributed by atoms with Gasteiger partial charge in [0.2, 0.25) is 0 Å². The number of nitrogens with zero attached hydrogens (tertiary/aromatic N) is 2. The number of hydrogen-bond acceptors (Lipinski definition) is 6. The van der Waals surface area contributed by atoms with Crippen LogP contribution in [0.1, 0.15) is 15.9 Å². The zero-order valence-electron chi connectivity index (χ0n) is 13.5. The van der Waals surface area contributed by atoms with E-state index in [0.29, 0.717) is 25.2 Å². The van der Waals surface area contributed by atoms with E-state index in [4.69, 9.17) is 0 Å². The quantitative estimate of drug-likeness (QED) is 0.462. The third-order valence-electron chi connectivity index (χ3n) is 3.68. The van der Waals surface area contributed by atoms with E-state index in [1.165, 1.54) is 13.3 Å². The van der Waals surface area contributed by atoms with Crippen LogP contribution in [0.15, 0.2) is 36.0 Å². The number of amides is 1. The molecule has 7 nitrogen and oxygen atoms in total. The van der Waals surface area contributed by atoms with E-state index >= 15 is 0 Å². The van der Waals surface area contributed by atoms with Crippen LogP contribution in [0.4, 0.5) is 0 Å². The summed E-state index contributed by atoms with van der Waals surface area (Å²) in [6, 6.07) is 8.86. The molecule has 1 saturated heterocycles. The summed E-state index contributed by atoms with van der Waals surface area (Å²) >= 11 is 0. The van der Waals surface area contributed by atoms with Crippen LogP contribution in [-0.2, 0) is 16.1 Å². The SMILES string of the molecule is COC(=O)c1ccc(CN/C=C(/C#N)C(=O)N2CCNCC2)cc1. The van der Waals surface area contributed by atoms with Gasteiger partial charge >= 0.3 is 5.97 Å². The van der Waals surface area contributed by atoms with E-state index in [1.807, 2.05) is 6.07 Å². The highest BCUT2D eigenvalue weighted by atomic mass is 16.5. The number of nitrogens with one attached hydrogen (secondary N) is 2. The predicted molar refractivity (Wildman–Crippen MR) is 87.8 cm³/mol. The zero-order valence-corrected chi connectivity index (χ0v) is 13.5. The monoisotopic (exact) mass is 328 g/mol. The smallest absolute Gasteiger partial charge is 0.337 e. The van der Waals surface area contributed by atoms with Gasteiger partial charge in [0.25, 0.3) is 5.91 Å². The third kappa shape index (κ3) is 4.57. The van der Waals surface area contributed by atoms with Crippen LogP contribution in [0.5, 0.6) is 0 Å². The Labute approximate surface area is 140 Å². The van der Waals surface area contributed by atoms with Crippen molar-refractivity contribution in [1.82, 2.24) is 15.5 Å². The average molecular weight is 328 g/mol. The van der Waals surface area contributed by atoms with Gasteiger partial charge in [-0.05, 0) is 17.7 Å². The van der Waals surface area contributed by atoms with Crippen molar-refractivity contribution >= 4 is 11.9 Å². The molecule has 24 heavy (non-hydrogen) atoms. The maximum Gasteiger partial charge on any atom is 0.337 e. The van der Waals surface area contributed by atoms with Gasteiger partial charge in [-0.3, -0.25) is 4.79 Å². The Balaban J connectivity index is 1.92. The maximum absolute atomic E-state index is 12.2. The Morgan fingerprint density at radius 2 is 2.00 bits per heavy atom. The molecule has 126 valence electrons. The molecule has 0 aliphatic carbocycles. The van der Waals surface area contributed by atoms with Gasteiger partial charge in [0, 0.05) is 38.9 Å². The minimum absolute atomic E-state index is 0.0862. The van der Waals surface area contributed by atoms with Crippen LogP contribution in [0.2, 0.25) is 0 Å². The van der Waals surface area contributed by atoms with Gasteiger partial charge in [-0.15, -0.1) is 0 Å². The van der Waals surface area contributed by atoms with Crippen LogP contribution < -0.4 is 10.6 Å². The van der Waals surface area contributed by atoms with Crippen molar-refractivity contribution in [1.29, 1.82) is 5.26 Å². The summed E-state index contributed by atoms with van der Waals surface area (Å²) in [5, 5.41) is 15.3. The topological polar surface area (TPSA) is 94.5 Å². The van der Waals surface area contributed by atoms with Crippen LogP contribution >= 0.6 is 0 Å². The molecule has 7 heteroatoms. The van der Waals surface area contributed by atoms with Gasteiger partial charge in [0.15, 0.2) is 0 Å². The number of rotatable bonds is 5. The number of hydrogen-bond donors (Lipinski definition) is 2. The van der Waals surface area contributed by atoms with Gasteiger partial charge < -0.3 is 20.3 Å². The highest BCUT2D eigenvalue weighted by Crippen LogP contribution is 2.06. The molecule has 0 saturated carbocycles. The lowest BCUT2D eigenvalue weighted by Gasteiger charge is -2.27. The van der Waals surface area contributed by atoms with E-state index in [2.05, 4.69) is 15.4 Å². The minimum Gasteiger partial charge on any atom is -0.465 e. The van der Waals surface area contributed by atoms with Crippen molar-refractivity contribution in [3.05, 3.63) is 47.2 Å². The fourth-order valence-corrected chi connectivity index (χ4v) is 2.33. The van der Waals surface area contributed by atoms with Crippen LogP contribution in [0.25, 0.3) is 0 Å². The van der Waals surface area contributed by atoms with Gasteiger partial charge in [-0.1, -0.05) is 12.1 Å². The third-order valence-corrected chi connectivity index (χ3v) is 3.68. The van der Waals surface area contributed by atoms with Gasteiger partial charge in [-0.2, -0.15) is 5.26 Å². The Bertz CT molecular complexity index is 655. The number of nitriles is 1. The van der Waals surface area contributed by atoms with Crippen molar-refractivity contribution in [2.24, 2.45) is 0 Å². The van der Waals surface area contributed by atoms with Crippen molar-refractivity contribution in [2.75, 3.05) is 33.3 Å². The second-order valence-corrected chi connectivity index (χ2v) is 5.28. The highest BCUT2D eigenvalue weighted by molar-refractivity contribution is 5.97. The molecule has 0 atom stereocenters. The summed E-state index contributed by atoms with van der Waals surface area (Å²) in [5.74, 6) is -0.643. The number of carbonyl (C=O) groups excluding carboxylic acids is 2. The first-order valence-electron chi connectivity index (χ1n) is 7.66. The Hall–Kier alpha value is -2.85. The van der Waals surface area contributed by atoms with Crippen LogP contribution in [-0.4, -0.2) is 50.1 Å². The first-order valence-corrected chi connectivity index (χ1v) is 7.66. The largest absolute Gasteiger partial charge is 0.465 e. The van der Waals surface area contributed by atoms with E-state index in [0.717, 1.165) is 18.7 Å². The lowest BCUT2D eigenvalue weighted by Crippen LogP contribution is -2.46. The van der Waals surface area contributed by atoms with Gasteiger partial charge in [-0.25, -0.2) is 4.79 Å². The zero-order chi connectivity index (χ0) is 17.4. The highest BCUT2D eigenvalue weighted by Gasteiger charge is 2.19. The van der Waals surface area contributed by atoms with E-state index in [-0.39, 0.29) is 17.4 Å². The minimum atomic E-state index is -0.386. The lowest BCUT2D eigenvalue weighted by molar-refractivity contribution is -0.127. The molecule has 0 aromatic heterocycles. The summed E-state index contributed by atoms with van der Waals surface area (Å²) in [6.07, 6.45) is 1.44. The fraction of sp³-hybridized carbons (Fsp3) is 0.353. The first-order chi connectivity index (χ1) is 11.7. The van der Waals surface area contributed by atoms with Crippen molar-refractivity contribution < 1.29 is 14.3 Å². The summed E-state index contributed by atoms with van der Waals surface area (Å²) in [4.78, 5) is 25.3. The molecular weight excluding hydrogens is 308 g/mol. The second-order valence-electron chi connectivity index (χ2n) is 5.28. The number of carbonyl (C=O) groups is 2. The van der Waals surface area contributed by atoms with Crippen molar-refractivity contribution in [3.63, 3.8) is 0 Å². The number of piperazine rings is 1. The molecule has 0 spiro atoms. The molecule has 0 unspecified atom stereocenters. The average Bonchev–Trinajstić information content (AvgIpc) is 2.65. The molecule has 0 radical (unpaired) electrons. The van der Waals surface area contributed by atoms with Gasteiger partial charge in [0.1, 0.15) is 11.6 Å². The fourth-order valence-electron chi connectivity index (χ4n) is 2.33. The van der Waals surface area contributed by atoms with Gasteiger partial charge in [0.05, 0.1) is 12.7 Å². The number of esters is 1. The molecular formula is C17H20N4O3. The van der Waals surface area contributed by atoms with Crippen molar-refractivity contribution in [3.8, 4) is 6.07 Å². The van der Waals surface area contributed by atoms with Crippen LogP contribution in [0, 0.1) is 11.3 Å². The predicted octanol–water partition coefficient (Wildman–Crippen LogP) is 0.402. The Morgan fingerprint density at radius 1 is 1.33 bits per heavy atom. The number of methoxy groups -OCH3 is 1. The molecule has 2 rings (SSSR count). The Kier molecular flexibility index (Phi) is 6.34. The molecule has 1 fully saturated rings.